The second-order valence-electron chi connectivity index (χ2n) is 5.27. The fraction of sp³-hybridized carbons (Fsp3) is 0.400. The molecular formula is C15H18BrN3O. The van der Waals surface area contributed by atoms with Crippen molar-refractivity contribution in [2.24, 2.45) is 0 Å². The van der Waals surface area contributed by atoms with Gasteiger partial charge in [-0.25, -0.2) is 0 Å². The highest BCUT2D eigenvalue weighted by Crippen LogP contribution is 2.33. The maximum Gasteiger partial charge on any atom is 0.133 e. The maximum atomic E-state index is 5.74. The molecule has 0 radical (unpaired) electrons. The van der Waals surface area contributed by atoms with Crippen LogP contribution in [0.1, 0.15) is 25.1 Å². The third-order valence-corrected chi connectivity index (χ3v) is 3.99. The summed E-state index contributed by atoms with van der Waals surface area (Å²) in [7, 11) is 0. The van der Waals surface area contributed by atoms with Crippen molar-refractivity contribution in [2.45, 2.75) is 32.9 Å². The zero-order valence-electron chi connectivity index (χ0n) is 11.7. The summed E-state index contributed by atoms with van der Waals surface area (Å²) in [5, 5.41) is 11.0. The van der Waals surface area contributed by atoms with Crippen LogP contribution in [0.5, 0.6) is 5.75 Å². The second kappa shape index (κ2) is 5.58. The van der Waals surface area contributed by atoms with E-state index in [2.05, 4.69) is 43.6 Å². The van der Waals surface area contributed by atoms with E-state index < -0.39 is 0 Å². The zero-order valence-corrected chi connectivity index (χ0v) is 13.3. The van der Waals surface area contributed by atoms with Crippen molar-refractivity contribution in [3.05, 3.63) is 33.9 Å². The molecule has 0 saturated carbocycles. The number of halogens is 1. The van der Waals surface area contributed by atoms with Crippen molar-refractivity contribution < 1.29 is 4.74 Å². The van der Waals surface area contributed by atoms with E-state index >= 15 is 0 Å². The SMILES string of the molecule is CC(C)Oc1ccc(-c2n[nH]c3c2CNCC3)cc1Br. The molecule has 20 heavy (non-hydrogen) atoms. The summed E-state index contributed by atoms with van der Waals surface area (Å²) < 4.78 is 6.70. The van der Waals surface area contributed by atoms with Crippen LogP contribution in [0.3, 0.4) is 0 Å². The number of aromatic amines is 1. The average Bonchev–Trinajstić information content (AvgIpc) is 2.84. The van der Waals surface area contributed by atoms with Crippen LogP contribution >= 0.6 is 15.9 Å². The van der Waals surface area contributed by atoms with Crippen LogP contribution in [-0.4, -0.2) is 22.8 Å². The highest BCUT2D eigenvalue weighted by Gasteiger charge is 2.18. The van der Waals surface area contributed by atoms with Gasteiger partial charge in [-0.3, -0.25) is 5.10 Å². The van der Waals surface area contributed by atoms with Crippen molar-refractivity contribution >= 4 is 15.9 Å². The van der Waals surface area contributed by atoms with E-state index in [1.54, 1.807) is 0 Å². The van der Waals surface area contributed by atoms with Crippen LogP contribution < -0.4 is 10.1 Å². The summed E-state index contributed by atoms with van der Waals surface area (Å²) in [5.41, 5.74) is 4.66. The smallest absolute Gasteiger partial charge is 0.133 e. The van der Waals surface area contributed by atoms with Gasteiger partial charge in [-0.15, -0.1) is 0 Å². The van der Waals surface area contributed by atoms with E-state index in [9.17, 15) is 0 Å². The van der Waals surface area contributed by atoms with Gasteiger partial charge in [0.1, 0.15) is 5.75 Å². The molecule has 0 atom stereocenters. The molecule has 0 spiro atoms. The van der Waals surface area contributed by atoms with Crippen LogP contribution in [-0.2, 0) is 13.0 Å². The monoisotopic (exact) mass is 335 g/mol. The van der Waals surface area contributed by atoms with Gasteiger partial charge in [0.05, 0.1) is 16.3 Å². The van der Waals surface area contributed by atoms with E-state index in [-0.39, 0.29) is 6.10 Å². The van der Waals surface area contributed by atoms with Crippen LogP contribution in [0.25, 0.3) is 11.3 Å². The Balaban J connectivity index is 1.95. The molecule has 2 N–H and O–H groups in total. The van der Waals surface area contributed by atoms with Crippen LogP contribution in [0.2, 0.25) is 0 Å². The molecule has 0 bridgehead atoms. The normalized spacial score (nSPS) is 14.4. The number of hydrogen-bond donors (Lipinski definition) is 2. The average molecular weight is 336 g/mol. The van der Waals surface area contributed by atoms with Gasteiger partial charge in [-0.05, 0) is 48.0 Å². The zero-order chi connectivity index (χ0) is 14.1. The third-order valence-electron chi connectivity index (χ3n) is 3.37. The van der Waals surface area contributed by atoms with Crippen molar-refractivity contribution in [1.29, 1.82) is 0 Å². The van der Waals surface area contributed by atoms with Gasteiger partial charge >= 0.3 is 0 Å². The van der Waals surface area contributed by atoms with Gasteiger partial charge < -0.3 is 10.1 Å². The molecule has 1 aliphatic heterocycles. The quantitative estimate of drug-likeness (QED) is 0.904. The first-order chi connectivity index (χ1) is 9.65. The lowest BCUT2D eigenvalue weighted by Gasteiger charge is -2.14. The molecule has 1 aliphatic rings. The minimum Gasteiger partial charge on any atom is -0.490 e. The van der Waals surface area contributed by atoms with Crippen molar-refractivity contribution in [3.8, 4) is 17.0 Å². The van der Waals surface area contributed by atoms with E-state index in [1.807, 2.05) is 19.9 Å². The predicted octanol–water partition coefficient (Wildman–Crippen LogP) is 3.27. The van der Waals surface area contributed by atoms with Crippen LogP contribution in [0.4, 0.5) is 0 Å². The van der Waals surface area contributed by atoms with Gasteiger partial charge in [0.25, 0.3) is 0 Å². The molecule has 106 valence electrons. The Bertz CT molecular complexity index is 622. The Morgan fingerprint density at radius 2 is 2.20 bits per heavy atom. The minimum atomic E-state index is 0.166. The van der Waals surface area contributed by atoms with E-state index in [0.29, 0.717) is 0 Å². The third kappa shape index (κ3) is 2.60. The first-order valence-electron chi connectivity index (χ1n) is 6.88. The molecule has 5 heteroatoms. The minimum absolute atomic E-state index is 0.166. The van der Waals surface area contributed by atoms with Gasteiger partial charge in [0.15, 0.2) is 0 Å². The Labute approximate surface area is 127 Å². The number of nitrogens with one attached hydrogen (secondary N) is 2. The second-order valence-corrected chi connectivity index (χ2v) is 6.12. The molecule has 0 unspecified atom stereocenters. The molecule has 3 rings (SSSR count). The summed E-state index contributed by atoms with van der Waals surface area (Å²) in [6.07, 6.45) is 1.18. The van der Waals surface area contributed by atoms with Gasteiger partial charge in [-0.1, -0.05) is 0 Å². The summed E-state index contributed by atoms with van der Waals surface area (Å²) in [4.78, 5) is 0. The van der Waals surface area contributed by atoms with E-state index in [0.717, 1.165) is 41.0 Å². The number of rotatable bonds is 3. The Morgan fingerprint density at radius 1 is 1.35 bits per heavy atom. The van der Waals surface area contributed by atoms with Crippen molar-refractivity contribution in [1.82, 2.24) is 15.5 Å². The lowest BCUT2D eigenvalue weighted by atomic mass is 10.0. The van der Waals surface area contributed by atoms with Gasteiger partial charge in [0.2, 0.25) is 0 Å². The van der Waals surface area contributed by atoms with Gasteiger partial charge in [0, 0.05) is 36.3 Å². The molecular weight excluding hydrogens is 318 g/mol. The highest BCUT2D eigenvalue weighted by atomic mass is 79.9. The molecule has 1 aromatic heterocycles. The summed E-state index contributed by atoms with van der Waals surface area (Å²) in [6.45, 7) is 5.94. The highest BCUT2D eigenvalue weighted by molar-refractivity contribution is 9.10. The molecule has 1 aromatic carbocycles. The molecule has 4 nitrogen and oxygen atoms in total. The summed E-state index contributed by atoms with van der Waals surface area (Å²) in [5.74, 6) is 0.867. The number of hydrogen-bond acceptors (Lipinski definition) is 3. The van der Waals surface area contributed by atoms with E-state index in [4.69, 9.17) is 4.74 Å². The largest absolute Gasteiger partial charge is 0.490 e. The van der Waals surface area contributed by atoms with Crippen molar-refractivity contribution in [2.75, 3.05) is 6.54 Å². The Kier molecular flexibility index (Phi) is 3.81. The molecule has 2 heterocycles. The number of H-pyrrole nitrogens is 1. The standard InChI is InChI=1S/C15H18BrN3O/c1-9(2)20-14-4-3-10(7-12(14)16)15-11-8-17-6-5-13(11)18-19-15/h3-4,7,9,17H,5-6,8H2,1-2H3,(H,18,19). The summed E-state index contributed by atoms with van der Waals surface area (Å²) in [6, 6.07) is 6.13. The van der Waals surface area contributed by atoms with Crippen LogP contribution in [0, 0.1) is 0 Å². The fourth-order valence-electron chi connectivity index (χ4n) is 2.46. The first kappa shape index (κ1) is 13.6. The number of ether oxygens (including phenoxy) is 1. The maximum absolute atomic E-state index is 5.74. The Hall–Kier alpha value is -1.33. The lowest BCUT2D eigenvalue weighted by Crippen LogP contribution is -2.23. The molecule has 0 fully saturated rings. The number of nitrogens with zero attached hydrogens (tertiary/aromatic N) is 1. The van der Waals surface area contributed by atoms with Gasteiger partial charge in [-0.2, -0.15) is 5.10 Å². The summed E-state index contributed by atoms with van der Waals surface area (Å²) >= 11 is 3.58. The fourth-order valence-corrected chi connectivity index (χ4v) is 2.93. The molecule has 2 aromatic rings. The molecule has 0 amide bonds. The molecule has 0 saturated heterocycles. The number of fused-ring (bicyclic) bond motifs is 1. The number of benzene rings is 1. The molecule has 0 aliphatic carbocycles. The topological polar surface area (TPSA) is 49.9 Å². The predicted molar refractivity (Wildman–Crippen MR) is 82.9 cm³/mol. The first-order valence-corrected chi connectivity index (χ1v) is 7.68. The Morgan fingerprint density at radius 3 is 2.95 bits per heavy atom. The van der Waals surface area contributed by atoms with Crippen molar-refractivity contribution in [3.63, 3.8) is 0 Å². The van der Waals surface area contributed by atoms with Crippen LogP contribution in [0.15, 0.2) is 22.7 Å². The number of aromatic nitrogens is 2. The lowest BCUT2D eigenvalue weighted by molar-refractivity contribution is 0.241. The van der Waals surface area contributed by atoms with E-state index in [1.165, 1.54) is 11.3 Å².